The van der Waals surface area contributed by atoms with Crippen molar-refractivity contribution in [2.75, 3.05) is 0 Å². The van der Waals surface area contributed by atoms with Crippen LogP contribution < -0.4 is 4.74 Å². The molecule has 0 aliphatic rings. The normalized spacial score (nSPS) is 11.8. The van der Waals surface area contributed by atoms with Crippen molar-refractivity contribution in [3.63, 3.8) is 0 Å². The van der Waals surface area contributed by atoms with Crippen LogP contribution in [0.25, 0.3) is 22.7 Å². The Balaban J connectivity index is 1.69. The van der Waals surface area contributed by atoms with Crippen LogP contribution in [0.5, 0.6) is 11.8 Å². The maximum Gasteiger partial charge on any atom is 0.419 e. The number of ether oxygens (including phenoxy) is 1. The van der Waals surface area contributed by atoms with Crippen molar-refractivity contribution in [1.82, 2.24) is 15.0 Å². The van der Waals surface area contributed by atoms with Crippen molar-refractivity contribution in [3.8, 4) is 23.2 Å². The summed E-state index contributed by atoms with van der Waals surface area (Å²) in [7, 11) is 0. The first-order chi connectivity index (χ1) is 13.7. The highest BCUT2D eigenvalue weighted by atomic mass is 19.4. The second-order valence-electron chi connectivity index (χ2n) is 6.46. The van der Waals surface area contributed by atoms with Gasteiger partial charge < -0.3 is 9.15 Å². The zero-order chi connectivity index (χ0) is 20.8. The third-order valence-electron chi connectivity index (χ3n) is 4.07. The lowest BCUT2D eigenvalue weighted by Crippen LogP contribution is -2.09. The minimum Gasteiger partial charge on any atom is -0.421 e. The SMILES string of the molecule is Cc1cc(C)cc(-c2nc3cnc(Oc4cccc(C(F)(F)F)c4F)nc3o2)c1. The maximum atomic E-state index is 14.1. The minimum atomic E-state index is -4.85. The molecule has 0 saturated heterocycles. The molecule has 4 aromatic rings. The van der Waals surface area contributed by atoms with Gasteiger partial charge in [0.05, 0.1) is 11.8 Å². The number of oxazole rings is 1. The van der Waals surface area contributed by atoms with Crippen LogP contribution in [0.2, 0.25) is 0 Å². The number of rotatable bonds is 3. The predicted molar refractivity (Wildman–Crippen MR) is 96.0 cm³/mol. The molecule has 2 aromatic heterocycles. The van der Waals surface area contributed by atoms with Gasteiger partial charge in [-0.1, -0.05) is 23.3 Å². The lowest BCUT2D eigenvalue weighted by molar-refractivity contribution is -0.140. The summed E-state index contributed by atoms with van der Waals surface area (Å²) in [6.45, 7) is 3.88. The summed E-state index contributed by atoms with van der Waals surface area (Å²) in [5.41, 5.74) is 1.75. The summed E-state index contributed by atoms with van der Waals surface area (Å²) in [6.07, 6.45) is -3.56. The Kier molecular flexibility index (Phi) is 4.45. The van der Waals surface area contributed by atoms with E-state index in [9.17, 15) is 17.6 Å². The Morgan fingerprint density at radius 1 is 1.00 bits per heavy atom. The molecule has 2 aromatic carbocycles. The van der Waals surface area contributed by atoms with Crippen molar-refractivity contribution in [2.24, 2.45) is 0 Å². The Morgan fingerprint density at radius 2 is 1.72 bits per heavy atom. The van der Waals surface area contributed by atoms with Gasteiger partial charge in [-0.15, -0.1) is 0 Å². The Bertz CT molecular complexity index is 1200. The number of alkyl halides is 3. The first-order valence-corrected chi connectivity index (χ1v) is 8.46. The summed E-state index contributed by atoms with van der Waals surface area (Å²) in [5, 5.41) is 0. The monoisotopic (exact) mass is 403 g/mol. The molecule has 0 bridgehead atoms. The fourth-order valence-electron chi connectivity index (χ4n) is 2.90. The molecular weight excluding hydrogens is 390 g/mol. The molecule has 0 amide bonds. The smallest absolute Gasteiger partial charge is 0.419 e. The van der Waals surface area contributed by atoms with Gasteiger partial charge in [-0.05, 0) is 38.1 Å². The first kappa shape index (κ1) is 18.9. The fraction of sp³-hybridized carbons (Fsp3) is 0.150. The second kappa shape index (κ2) is 6.84. The van der Waals surface area contributed by atoms with Gasteiger partial charge in [-0.25, -0.2) is 14.4 Å². The van der Waals surface area contributed by atoms with Gasteiger partial charge in [-0.3, -0.25) is 0 Å². The number of nitrogens with zero attached hydrogens (tertiary/aromatic N) is 3. The van der Waals surface area contributed by atoms with E-state index in [4.69, 9.17) is 9.15 Å². The van der Waals surface area contributed by atoms with Crippen LogP contribution in [0.4, 0.5) is 17.6 Å². The van der Waals surface area contributed by atoms with Gasteiger partial charge in [0.2, 0.25) is 5.89 Å². The topological polar surface area (TPSA) is 61.0 Å². The van der Waals surface area contributed by atoms with E-state index in [1.54, 1.807) is 0 Å². The fourth-order valence-corrected chi connectivity index (χ4v) is 2.90. The summed E-state index contributed by atoms with van der Waals surface area (Å²) < 4.78 is 63.4. The quantitative estimate of drug-likeness (QED) is 0.402. The minimum absolute atomic E-state index is 0.0662. The molecule has 0 N–H and O–H groups in total. The Labute approximate surface area is 162 Å². The highest BCUT2D eigenvalue weighted by Crippen LogP contribution is 2.36. The molecule has 0 atom stereocenters. The van der Waals surface area contributed by atoms with Crippen LogP contribution in [0.3, 0.4) is 0 Å². The van der Waals surface area contributed by atoms with Crippen LogP contribution in [0.15, 0.2) is 47.0 Å². The highest BCUT2D eigenvalue weighted by Gasteiger charge is 2.35. The van der Waals surface area contributed by atoms with Crippen molar-refractivity contribution in [2.45, 2.75) is 20.0 Å². The van der Waals surface area contributed by atoms with E-state index in [1.807, 2.05) is 32.0 Å². The largest absolute Gasteiger partial charge is 0.421 e. The molecule has 0 unspecified atom stereocenters. The molecule has 148 valence electrons. The molecular formula is C20H13F4N3O2. The summed E-state index contributed by atoms with van der Waals surface area (Å²) in [6, 6.07) is 8.13. The average molecular weight is 403 g/mol. The molecule has 29 heavy (non-hydrogen) atoms. The molecule has 2 heterocycles. The maximum absolute atomic E-state index is 14.1. The average Bonchev–Trinajstić information content (AvgIpc) is 3.05. The zero-order valence-corrected chi connectivity index (χ0v) is 15.2. The molecule has 0 spiro atoms. The Morgan fingerprint density at radius 3 is 2.41 bits per heavy atom. The second-order valence-corrected chi connectivity index (χ2v) is 6.46. The molecule has 9 heteroatoms. The van der Waals surface area contributed by atoms with Crippen molar-refractivity contribution >= 4 is 11.2 Å². The van der Waals surface area contributed by atoms with E-state index in [1.165, 1.54) is 6.20 Å². The van der Waals surface area contributed by atoms with E-state index >= 15 is 0 Å². The molecule has 0 saturated carbocycles. The van der Waals surface area contributed by atoms with E-state index in [2.05, 4.69) is 15.0 Å². The number of fused-ring (bicyclic) bond motifs is 1. The van der Waals surface area contributed by atoms with Gasteiger partial charge in [-0.2, -0.15) is 18.2 Å². The van der Waals surface area contributed by atoms with Gasteiger partial charge >= 0.3 is 12.2 Å². The molecule has 0 aliphatic carbocycles. The van der Waals surface area contributed by atoms with E-state index in [0.29, 0.717) is 17.5 Å². The first-order valence-electron chi connectivity index (χ1n) is 8.46. The number of aromatic nitrogens is 3. The number of hydrogen-bond acceptors (Lipinski definition) is 5. The molecule has 0 fully saturated rings. The van der Waals surface area contributed by atoms with E-state index < -0.39 is 23.3 Å². The van der Waals surface area contributed by atoms with Crippen molar-refractivity contribution < 1.29 is 26.7 Å². The van der Waals surface area contributed by atoms with Crippen molar-refractivity contribution in [3.05, 3.63) is 65.1 Å². The summed E-state index contributed by atoms with van der Waals surface area (Å²) >= 11 is 0. The number of halogens is 4. The summed E-state index contributed by atoms with van der Waals surface area (Å²) in [5.74, 6) is -1.88. The number of aryl methyl sites for hydroxylation is 2. The lowest BCUT2D eigenvalue weighted by Gasteiger charge is -2.10. The van der Waals surface area contributed by atoms with E-state index in [-0.39, 0.29) is 11.7 Å². The molecule has 5 nitrogen and oxygen atoms in total. The standard InChI is InChI=1S/C20H13F4N3O2/c1-10-6-11(2)8-12(7-10)17-26-14-9-25-19(27-18(14)29-17)28-15-5-3-4-13(16(15)21)20(22,23)24/h3-9H,1-2H3. The lowest BCUT2D eigenvalue weighted by atomic mass is 10.1. The summed E-state index contributed by atoms with van der Waals surface area (Å²) in [4.78, 5) is 12.2. The van der Waals surface area contributed by atoms with Crippen LogP contribution in [0.1, 0.15) is 16.7 Å². The van der Waals surface area contributed by atoms with Crippen LogP contribution in [-0.2, 0) is 6.18 Å². The number of benzene rings is 2. The van der Waals surface area contributed by atoms with Gasteiger partial charge in [0.25, 0.3) is 5.71 Å². The Hall–Kier alpha value is -3.49. The zero-order valence-electron chi connectivity index (χ0n) is 15.2. The third kappa shape index (κ3) is 3.75. The van der Waals surface area contributed by atoms with E-state index in [0.717, 1.165) is 28.8 Å². The third-order valence-corrected chi connectivity index (χ3v) is 4.07. The van der Waals surface area contributed by atoms with Crippen molar-refractivity contribution in [1.29, 1.82) is 0 Å². The van der Waals surface area contributed by atoms with Gasteiger partial charge in [0, 0.05) is 5.56 Å². The van der Waals surface area contributed by atoms with Gasteiger partial charge in [0.15, 0.2) is 11.6 Å². The molecule has 4 rings (SSSR count). The molecule has 0 radical (unpaired) electrons. The van der Waals surface area contributed by atoms with Crippen LogP contribution >= 0.6 is 0 Å². The highest BCUT2D eigenvalue weighted by molar-refractivity contribution is 5.72. The predicted octanol–water partition coefficient (Wildman–Crippen LogP) is 5.85. The van der Waals surface area contributed by atoms with Crippen LogP contribution in [-0.4, -0.2) is 15.0 Å². The van der Waals surface area contributed by atoms with Gasteiger partial charge in [0.1, 0.15) is 5.52 Å². The number of hydrogen-bond donors (Lipinski definition) is 0. The molecule has 0 aliphatic heterocycles. The van der Waals surface area contributed by atoms with Crippen LogP contribution in [0, 0.1) is 19.7 Å².